The van der Waals surface area contributed by atoms with Gasteiger partial charge in [0.15, 0.2) is 6.61 Å². The van der Waals surface area contributed by atoms with E-state index in [1.54, 1.807) is 16.7 Å². The van der Waals surface area contributed by atoms with E-state index in [0.717, 1.165) is 45.3 Å². The highest BCUT2D eigenvalue weighted by Crippen LogP contribution is 2.47. The number of imide groups is 1. The first-order valence-electron chi connectivity index (χ1n) is 11.4. The SMILES string of the molecule is C[C@@H]1CCCC[C@@]12NC(=O)N(CC(=O)OCC(=O)N1c3ccccc3Sc3ccccc31)C2=O. The molecular weight excluding hydrogens is 454 g/mol. The van der Waals surface area contributed by atoms with Crippen molar-refractivity contribution < 1.29 is 23.9 Å². The quantitative estimate of drug-likeness (QED) is 0.529. The fourth-order valence-corrected chi connectivity index (χ4v) is 6.05. The minimum absolute atomic E-state index is 0.00240. The highest BCUT2D eigenvalue weighted by atomic mass is 32.2. The predicted molar refractivity (Wildman–Crippen MR) is 126 cm³/mol. The highest BCUT2D eigenvalue weighted by Gasteiger charge is 2.55. The largest absolute Gasteiger partial charge is 0.454 e. The summed E-state index contributed by atoms with van der Waals surface area (Å²) in [5.41, 5.74) is 0.494. The number of nitrogens with one attached hydrogen (secondary N) is 1. The van der Waals surface area contributed by atoms with Gasteiger partial charge < -0.3 is 10.1 Å². The molecule has 0 radical (unpaired) electrons. The average Bonchev–Trinajstić information content (AvgIpc) is 3.07. The van der Waals surface area contributed by atoms with Gasteiger partial charge in [-0.3, -0.25) is 24.2 Å². The molecule has 1 aliphatic carbocycles. The minimum Gasteiger partial charge on any atom is -0.454 e. The monoisotopic (exact) mass is 479 g/mol. The molecule has 5 rings (SSSR count). The van der Waals surface area contributed by atoms with Crippen LogP contribution in [0.15, 0.2) is 58.3 Å². The molecule has 3 aliphatic rings. The Hall–Kier alpha value is -3.33. The van der Waals surface area contributed by atoms with Crippen LogP contribution < -0.4 is 10.2 Å². The maximum Gasteiger partial charge on any atom is 0.326 e. The molecule has 8 nitrogen and oxygen atoms in total. The number of esters is 1. The number of benzene rings is 2. The molecule has 2 aromatic carbocycles. The van der Waals surface area contributed by atoms with Gasteiger partial charge in [-0.2, -0.15) is 0 Å². The zero-order chi connectivity index (χ0) is 23.9. The number of amides is 4. The van der Waals surface area contributed by atoms with Crippen molar-refractivity contribution in [3.8, 4) is 0 Å². The molecule has 2 atom stereocenters. The Balaban J connectivity index is 1.27. The molecule has 2 heterocycles. The van der Waals surface area contributed by atoms with Crippen LogP contribution in [-0.2, 0) is 19.1 Å². The second-order valence-electron chi connectivity index (χ2n) is 8.87. The van der Waals surface area contributed by atoms with Crippen molar-refractivity contribution in [1.82, 2.24) is 10.2 Å². The summed E-state index contributed by atoms with van der Waals surface area (Å²) in [7, 11) is 0. The van der Waals surface area contributed by atoms with Gasteiger partial charge >= 0.3 is 12.0 Å². The number of urea groups is 1. The molecule has 2 fully saturated rings. The highest BCUT2D eigenvalue weighted by molar-refractivity contribution is 7.99. The second-order valence-corrected chi connectivity index (χ2v) is 9.95. The van der Waals surface area contributed by atoms with E-state index in [9.17, 15) is 19.2 Å². The van der Waals surface area contributed by atoms with Gasteiger partial charge in [0.1, 0.15) is 12.1 Å². The molecule has 9 heteroatoms. The Bertz CT molecular complexity index is 1140. The number of rotatable bonds is 4. The fourth-order valence-electron chi connectivity index (χ4n) is 4.99. The molecule has 1 saturated carbocycles. The third-order valence-electron chi connectivity index (χ3n) is 6.83. The molecule has 1 saturated heterocycles. The summed E-state index contributed by atoms with van der Waals surface area (Å²) in [4.78, 5) is 55.6. The van der Waals surface area contributed by atoms with E-state index in [1.165, 1.54) is 0 Å². The minimum atomic E-state index is -0.940. The Kier molecular flexibility index (Phi) is 5.81. The van der Waals surface area contributed by atoms with Crippen LogP contribution in [0.5, 0.6) is 0 Å². The van der Waals surface area contributed by atoms with Crippen LogP contribution in [0, 0.1) is 5.92 Å². The van der Waals surface area contributed by atoms with Crippen molar-refractivity contribution in [2.24, 2.45) is 5.92 Å². The first-order valence-corrected chi connectivity index (χ1v) is 12.2. The molecule has 0 unspecified atom stereocenters. The number of anilines is 2. The predicted octanol–water partition coefficient (Wildman–Crippen LogP) is 3.86. The number of nitrogens with zero attached hydrogens (tertiary/aromatic N) is 2. The molecule has 1 spiro atoms. The first kappa shape index (κ1) is 22.5. The Morgan fingerprint density at radius 2 is 1.71 bits per heavy atom. The molecule has 2 aliphatic heterocycles. The van der Waals surface area contributed by atoms with E-state index in [1.807, 2.05) is 55.5 Å². The van der Waals surface area contributed by atoms with E-state index in [2.05, 4.69) is 5.32 Å². The van der Waals surface area contributed by atoms with E-state index >= 15 is 0 Å². The molecular formula is C25H25N3O5S. The van der Waals surface area contributed by atoms with Gasteiger partial charge in [-0.05, 0) is 43.0 Å². The van der Waals surface area contributed by atoms with Crippen molar-refractivity contribution in [3.63, 3.8) is 0 Å². The van der Waals surface area contributed by atoms with Crippen molar-refractivity contribution in [3.05, 3.63) is 48.5 Å². The summed E-state index contributed by atoms with van der Waals surface area (Å²) < 4.78 is 5.24. The van der Waals surface area contributed by atoms with Gasteiger partial charge in [-0.25, -0.2) is 4.79 Å². The number of carbonyl (C=O) groups is 4. The number of ether oxygens (including phenoxy) is 1. The van der Waals surface area contributed by atoms with E-state index < -0.39 is 36.6 Å². The molecule has 176 valence electrons. The third kappa shape index (κ3) is 3.73. The Morgan fingerprint density at radius 1 is 1.06 bits per heavy atom. The number of carbonyl (C=O) groups excluding carboxylic acids is 4. The van der Waals surface area contributed by atoms with Crippen LogP contribution in [0.4, 0.5) is 16.2 Å². The van der Waals surface area contributed by atoms with Gasteiger partial charge in [-0.1, -0.05) is 55.8 Å². The fraction of sp³-hybridized carbons (Fsp3) is 0.360. The van der Waals surface area contributed by atoms with Crippen molar-refractivity contribution in [1.29, 1.82) is 0 Å². The van der Waals surface area contributed by atoms with Crippen LogP contribution in [-0.4, -0.2) is 47.4 Å². The third-order valence-corrected chi connectivity index (χ3v) is 7.96. The lowest BCUT2D eigenvalue weighted by molar-refractivity contribution is -0.150. The van der Waals surface area contributed by atoms with Gasteiger partial charge in [0.25, 0.3) is 11.8 Å². The summed E-state index contributed by atoms with van der Waals surface area (Å²) in [6.07, 6.45) is 3.27. The normalized spacial score (nSPS) is 23.4. The number of para-hydroxylation sites is 2. The molecule has 0 aromatic heterocycles. The molecule has 0 bridgehead atoms. The lowest BCUT2D eigenvalue weighted by atomic mass is 9.73. The van der Waals surface area contributed by atoms with Gasteiger partial charge in [0, 0.05) is 9.79 Å². The number of hydrogen-bond donors (Lipinski definition) is 1. The smallest absolute Gasteiger partial charge is 0.326 e. The van der Waals surface area contributed by atoms with E-state index in [4.69, 9.17) is 4.74 Å². The number of fused-ring (bicyclic) bond motifs is 2. The van der Waals surface area contributed by atoms with Crippen LogP contribution >= 0.6 is 11.8 Å². The van der Waals surface area contributed by atoms with Crippen LogP contribution in [0.1, 0.15) is 32.6 Å². The van der Waals surface area contributed by atoms with E-state index in [0.29, 0.717) is 6.42 Å². The molecule has 4 amide bonds. The summed E-state index contributed by atoms with van der Waals surface area (Å²) in [5, 5.41) is 2.81. The second kappa shape index (κ2) is 8.79. The summed E-state index contributed by atoms with van der Waals surface area (Å²) >= 11 is 1.57. The number of hydrogen-bond acceptors (Lipinski definition) is 6. The van der Waals surface area contributed by atoms with Crippen LogP contribution in [0.25, 0.3) is 0 Å². The maximum absolute atomic E-state index is 13.2. The standard InChI is InChI=1S/C25H25N3O5S/c1-16-8-6-7-13-25(16)23(31)27(24(32)26-25)14-22(30)33-15-21(29)28-17-9-2-4-11-19(17)34-20-12-5-3-10-18(20)28/h2-5,9-12,16H,6-8,13-15H2,1H3,(H,26,32)/t16-,25-/m1/s1. The first-order chi connectivity index (χ1) is 16.4. The van der Waals surface area contributed by atoms with Gasteiger partial charge in [0.2, 0.25) is 0 Å². The summed E-state index contributed by atoms with van der Waals surface area (Å²) in [6.45, 7) is 0.928. The van der Waals surface area contributed by atoms with E-state index in [-0.39, 0.29) is 11.8 Å². The zero-order valence-electron chi connectivity index (χ0n) is 18.8. The van der Waals surface area contributed by atoms with Crippen molar-refractivity contribution in [2.75, 3.05) is 18.1 Å². The average molecular weight is 480 g/mol. The Labute approximate surface area is 201 Å². The van der Waals surface area contributed by atoms with Gasteiger partial charge in [0.05, 0.1) is 11.4 Å². The molecule has 34 heavy (non-hydrogen) atoms. The lowest BCUT2D eigenvalue weighted by Crippen LogP contribution is -2.54. The topological polar surface area (TPSA) is 96.0 Å². The summed E-state index contributed by atoms with van der Waals surface area (Å²) in [5.74, 6) is -1.60. The summed E-state index contributed by atoms with van der Waals surface area (Å²) in [6, 6.07) is 14.5. The van der Waals surface area contributed by atoms with Crippen LogP contribution in [0.3, 0.4) is 0 Å². The molecule has 2 aromatic rings. The van der Waals surface area contributed by atoms with Crippen molar-refractivity contribution in [2.45, 2.75) is 47.9 Å². The molecule has 1 N–H and O–H groups in total. The maximum atomic E-state index is 13.2. The lowest BCUT2D eigenvalue weighted by Gasteiger charge is -2.36. The Morgan fingerprint density at radius 3 is 2.35 bits per heavy atom. The van der Waals surface area contributed by atoms with Gasteiger partial charge in [-0.15, -0.1) is 0 Å². The van der Waals surface area contributed by atoms with Crippen LogP contribution in [0.2, 0.25) is 0 Å². The van der Waals surface area contributed by atoms with Crippen molar-refractivity contribution >= 4 is 47.0 Å². The zero-order valence-corrected chi connectivity index (χ0v) is 19.6.